The summed E-state index contributed by atoms with van der Waals surface area (Å²) >= 11 is 0. The van der Waals surface area contributed by atoms with Crippen molar-refractivity contribution in [1.82, 2.24) is 5.43 Å². The molecule has 0 atom stereocenters. The molecule has 3 rings (SSSR count). The number of ether oxygens (including phenoxy) is 3. The smallest absolute Gasteiger partial charge is 0.338 e. The van der Waals surface area contributed by atoms with Gasteiger partial charge in [-0.25, -0.2) is 9.80 Å². The lowest BCUT2D eigenvalue weighted by Crippen LogP contribution is -2.35. The zero-order valence-electron chi connectivity index (χ0n) is 17.6. The van der Waals surface area contributed by atoms with Crippen LogP contribution >= 0.6 is 0 Å². The minimum absolute atomic E-state index is 0.0150. The molecule has 0 spiro atoms. The van der Waals surface area contributed by atoms with E-state index < -0.39 is 17.8 Å². The summed E-state index contributed by atoms with van der Waals surface area (Å²) in [6.45, 7) is 4.55. The monoisotopic (exact) mass is 424 g/mol. The highest BCUT2D eigenvalue weighted by atomic mass is 16.5. The van der Waals surface area contributed by atoms with Gasteiger partial charge in [0.25, 0.3) is 11.8 Å². The number of benzene rings is 2. The molecule has 8 nitrogen and oxygen atoms in total. The molecule has 31 heavy (non-hydrogen) atoms. The largest absolute Gasteiger partial charge is 0.493 e. The second kappa shape index (κ2) is 9.80. The number of carbonyl (C=O) groups is 3. The molecule has 8 heteroatoms. The van der Waals surface area contributed by atoms with E-state index in [0.29, 0.717) is 34.9 Å². The van der Waals surface area contributed by atoms with Crippen LogP contribution in [0.3, 0.4) is 0 Å². The van der Waals surface area contributed by atoms with E-state index in [2.05, 4.69) is 5.43 Å². The Labute approximate surface area is 180 Å². The molecule has 1 aliphatic rings. The van der Waals surface area contributed by atoms with Gasteiger partial charge in [0.15, 0.2) is 11.5 Å². The van der Waals surface area contributed by atoms with Gasteiger partial charge < -0.3 is 14.2 Å². The summed E-state index contributed by atoms with van der Waals surface area (Å²) in [5.74, 6) is -0.368. The Morgan fingerprint density at radius 3 is 2.45 bits per heavy atom. The zero-order chi connectivity index (χ0) is 22.4. The summed E-state index contributed by atoms with van der Waals surface area (Å²) in [4.78, 5) is 37.0. The number of hydrogen-bond donors (Lipinski definition) is 1. The average molecular weight is 424 g/mol. The van der Waals surface area contributed by atoms with Gasteiger partial charge in [0.2, 0.25) is 0 Å². The standard InChI is InChI=1S/C23H24N2O6/c1-4-12-31-19-11-6-15(14-20(19)29-3)13-18-21(26)24-25(22(18)27)17-9-7-16(8-10-17)23(28)30-5-2/h6-11,13-14H,4-5,12H2,1-3H3,(H,24,26)/b18-13-. The molecule has 2 amide bonds. The topological polar surface area (TPSA) is 94.2 Å². The van der Waals surface area contributed by atoms with Crippen LogP contribution in [0.1, 0.15) is 36.2 Å². The van der Waals surface area contributed by atoms with Crippen LogP contribution in [-0.4, -0.2) is 38.1 Å². The van der Waals surface area contributed by atoms with Crippen LogP contribution < -0.4 is 19.9 Å². The molecule has 0 aliphatic carbocycles. The van der Waals surface area contributed by atoms with E-state index in [-0.39, 0.29) is 12.2 Å². The van der Waals surface area contributed by atoms with Crippen molar-refractivity contribution in [3.05, 3.63) is 59.2 Å². The van der Waals surface area contributed by atoms with Crippen molar-refractivity contribution in [3.8, 4) is 11.5 Å². The van der Waals surface area contributed by atoms with Gasteiger partial charge in [-0.15, -0.1) is 0 Å². The van der Waals surface area contributed by atoms with Crippen molar-refractivity contribution in [3.63, 3.8) is 0 Å². The predicted octanol–water partition coefficient (Wildman–Crippen LogP) is 3.12. The van der Waals surface area contributed by atoms with Crippen molar-refractivity contribution in [2.24, 2.45) is 0 Å². The van der Waals surface area contributed by atoms with E-state index in [4.69, 9.17) is 14.2 Å². The van der Waals surface area contributed by atoms with Crippen LogP contribution in [0.25, 0.3) is 6.08 Å². The van der Waals surface area contributed by atoms with E-state index in [9.17, 15) is 14.4 Å². The van der Waals surface area contributed by atoms with E-state index in [1.807, 2.05) is 6.92 Å². The molecule has 0 unspecified atom stereocenters. The average Bonchev–Trinajstić information content (AvgIpc) is 3.06. The summed E-state index contributed by atoms with van der Waals surface area (Å²) in [6, 6.07) is 11.4. The molecule has 2 aromatic rings. The number of esters is 1. The second-order valence-corrected chi connectivity index (χ2v) is 6.67. The number of amides is 2. The first-order chi connectivity index (χ1) is 15.0. The molecule has 2 aromatic carbocycles. The number of nitrogens with one attached hydrogen (secondary N) is 1. The third kappa shape index (κ3) is 4.85. The van der Waals surface area contributed by atoms with Crippen molar-refractivity contribution in [2.45, 2.75) is 20.3 Å². The molecule has 1 N–H and O–H groups in total. The van der Waals surface area contributed by atoms with Crippen LogP contribution in [0.2, 0.25) is 0 Å². The van der Waals surface area contributed by atoms with E-state index >= 15 is 0 Å². The van der Waals surface area contributed by atoms with Gasteiger partial charge in [-0.3, -0.25) is 15.0 Å². The number of nitrogens with zero attached hydrogens (tertiary/aromatic N) is 1. The van der Waals surface area contributed by atoms with Gasteiger partial charge in [-0.05, 0) is 61.4 Å². The van der Waals surface area contributed by atoms with Crippen molar-refractivity contribution < 1.29 is 28.6 Å². The van der Waals surface area contributed by atoms with Gasteiger partial charge in [0.05, 0.1) is 31.6 Å². The Bertz CT molecular complexity index is 1010. The molecule has 0 saturated carbocycles. The molecule has 1 saturated heterocycles. The minimum atomic E-state index is -0.523. The Morgan fingerprint density at radius 2 is 1.81 bits per heavy atom. The van der Waals surface area contributed by atoms with Crippen LogP contribution in [0, 0.1) is 0 Å². The first-order valence-corrected chi connectivity index (χ1v) is 9.93. The van der Waals surface area contributed by atoms with Crippen LogP contribution in [-0.2, 0) is 14.3 Å². The van der Waals surface area contributed by atoms with Crippen molar-refractivity contribution in [1.29, 1.82) is 0 Å². The Morgan fingerprint density at radius 1 is 1.06 bits per heavy atom. The highest BCUT2D eigenvalue weighted by molar-refractivity contribution is 6.31. The third-order valence-corrected chi connectivity index (χ3v) is 4.49. The molecular weight excluding hydrogens is 400 g/mol. The maximum atomic E-state index is 12.8. The van der Waals surface area contributed by atoms with Crippen molar-refractivity contribution in [2.75, 3.05) is 25.3 Å². The van der Waals surface area contributed by atoms with E-state index in [1.165, 1.54) is 25.3 Å². The fraction of sp³-hybridized carbons (Fsp3) is 0.261. The van der Waals surface area contributed by atoms with Gasteiger partial charge in [-0.2, -0.15) is 0 Å². The number of anilines is 1. The first-order valence-electron chi connectivity index (χ1n) is 9.93. The fourth-order valence-corrected chi connectivity index (χ4v) is 2.97. The first kappa shape index (κ1) is 21.9. The molecule has 1 heterocycles. The molecule has 0 radical (unpaired) electrons. The number of rotatable bonds is 8. The third-order valence-electron chi connectivity index (χ3n) is 4.49. The maximum absolute atomic E-state index is 12.8. The number of carbonyl (C=O) groups excluding carboxylic acids is 3. The number of hydrazine groups is 1. The summed E-state index contributed by atoms with van der Waals surface area (Å²) in [5.41, 5.74) is 3.93. The van der Waals surface area contributed by atoms with Crippen molar-refractivity contribution >= 4 is 29.5 Å². The molecule has 1 aliphatic heterocycles. The highest BCUT2D eigenvalue weighted by Crippen LogP contribution is 2.30. The van der Waals surface area contributed by atoms with Gasteiger partial charge in [0.1, 0.15) is 5.57 Å². The molecule has 0 aromatic heterocycles. The Kier molecular flexibility index (Phi) is 6.92. The molecular formula is C23H24N2O6. The minimum Gasteiger partial charge on any atom is -0.493 e. The Balaban J connectivity index is 1.81. The summed E-state index contributed by atoms with van der Waals surface area (Å²) in [6.07, 6.45) is 2.36. The van der Waals surface area contributed by atoms with Gasteiger partial charge >= 0.3 is 5.97 Å². The van der Waals surface area contributed by atoms with Gasteiger partial charge in [0, 0.05) is 0 Å². The predicted molar refractivity (Wildman–Crippen MR) is 115 cm³/mol. The second-order valence-electron chi connectivity index (χ2n) is 6.67. The quantitative estimate of drug-likeness (QED) is 0.398. The van der Waals surface area contributed by atoms with E-state index in [1.54, 1.807) is 37.3 Å². The summed E-state index contributed by atoms with van der Waals surface area (Å²) in [7, 11) is 1.53. The lowest BCUT2D eigenvalue weighted by Gasteiger charge is -2.14. The highest BCUT2D eigenvalue weighted by Gasteiger charge is 2.34. The Hall–Kier alpha value is -3.81. The molecule has 1 fully saturated rings. The lowest BCUT2D eigenvalue weighted by molar-refractivity contribution is -0.117. The van der Waals surface area contributed by atoms with Gasteiger partial charge in [-0.1, -0.05) is 13.0 Å². The summed E-state index contributed by atoms with van der Waals surface area (Å²) in [5, 5.41) is 1.14. The normalized spacial score (nSPS) is 14.5. The van der Waals surface area contributed by atoms with Crippen LogP contribution in [0.15, 0.2) is 48.0 Å². The fourth-order valence-electron chi connectivity index (χ4n) is 2.97. The summed E-state index contributed by atoms with van der Waals surface area (Å²) < 4.78 is 15.9. The number of methoxy groups -OCH3 is 1. The SMILES string of the molecule is CCCOc1ccc(/C=C2/C(=O)NN(c3ccc(C(=O)OCC)cc3)C2=O)cc1OC. The lowest BCUT2D eigenvalue weighted by atomic mass is 10.1. The van der Waals surface area contributed by atoms with Crippen LogP contribution in [0.5, 0.6) is 11.5 Å². The zero-order valence-corrected chi connectivity index (χ0v) is 17.6. The van der Waals surface area contributed by atoms with Crippen LogP contribution in [0.4, 0.5) is 5.69 Å². The molecule has 162 valence electrons. The molecule has 0 bridgehead atoms. The maximum Gasteiger partial charge on any atom is 0.338 e. The van der Waals surface area contributed by atoms with E-state index in [0.717, 1.165) is 11.4 Å². The number of hydrogen-bond acceptors (Lipinski definition) is 6.